The molecule has 1 N–H and O–H groups in total. The van der Waals surface area contributed by atoms with Crippen molar-refractivity contribution in [1.29, 1.82) is 0 Å². The van der Waals surface area contributed by atoms with Gasteiger partial charge < -0.3 is 4.74 Å². The second-order valence-corrected chi connectivity index (χ2v) is 5.83. The van der Waals surface area contributed by atoms with Gasteiger partial charge in [-0.15, -0.1) is 5.10 Å². The maximum absolute atomic E-state index is 12.4. The standard InChI is InChI=1S/C17H17N5O3/c1-3-25-15-10(2)14-18-13(19-22(14)20-15)8-9-21-16(23)11-6-4-5-7-12(11)17(21)24/h4-7H,3,8-9H2,1-2H3,(H,18,19). The van der Waals surface area contributed by atoms with Gasteiger partial charge in [0.25, 0.3) is 11.8 Å². The van der Waals surface area contributed by atoms with E-state index >= 15 is 0 Å². The molecule has 0 saturated heterocycles. The average Bonchev–Trinajstić information content (AvgIpc) is 3.21. The van der Waals surface area contributed by atoms with E-state index in [0.717, 1.165) is 5.56 Å². The molecule has 2 amide bonds. The second-order valence-electron chi connectivity index (χ2n) is 5.83. The SMILES string of the molecule is CCOc1nn2[nH]c(CCN3C(=O)c4ccccc4C3=O)nc2c1C. The Hall–Kier alpha value is -3.16. The first kappa shape index (κ1) is 15.4. The molecule has 128 valence electrons. The number of hydrogen-bond acceptors (Lipinski definition) is 5. The summed E-state index contributed by atoms with van der Waals surface area (Å²) in [5.74, 6) is 0.692. The lowest BCUT2D eigenvalue weighted by molar-refractivity contribution is 0.0655. The van der Waals surface area contributed by atoms with Crippen molar-refractivity contribution in [2.75, 3.05) is 13.2 Å². The molecule has 3 aromatic rings. The van der Waals surface area contributed by atoms with E-state index < -0.39 is 0 Å². The minimum Gasteiger partial charge on any atom is -0.477 e. The first-order valence-corrected chi connectivity index (χ1v) is 8.12. The van der Waals surface area contributed by atoms with E-state index in [1.165, 1.54) is 4.90 Å². The molecular formula is C17H17N5O3. The predicted molar refractivity (Wildman–Crippen MR) is 88.8 cm³/mol. The van der Waals surface area contributed by atoms with Crippen LogP contribution in [0.5, 0.6) is 5.88 Å². The number of nitrogens with zero attached hydrogens (tertiary/aromatic N) is 4. The summed E-state index contributed by atoms with van der Waals surface area (Å²) in [6.07, 6.45) is 0.429. The van der Waals surface area contributed by atoms with Gasteiger partial charge in [-0.25, -0.2) is 4.98 Å². The van der Waals surface area contributed by atoms with Crippen molar-refractivity contribution in [3.63, 3.8) is 0 Å². The summed E-state index contributed by atoms with van der Waals surface area (Å²) >= 11 is 0. The molecule has 1 aromatic carbocycles. The van der Waals surface area contributed by atoms with Crippen LogP contribution >= 0.6 is 0 Å². The molecule has 0 spiro atoms. The third-order valence-corrected chi connectivity index (χ3v) is 4.25. The van der Waals surface area contributed by atoms with Crippen molar-refractivity contribution in [3.8, 4) is 5.88 Å². The number of nitrogens with one attached hydrogen (secondary N) is 1. The Morgan fingerprint density at radius 3 is 2.44 bits per heavy atom. The highest BCUT2D eigenvalue weighted by molar-refractivity contribution is 6.21. The summed E-state index contributed by atoms with van der Waals surface area (Å²) in [6.45, 7) is 4.59. The highest BCUT2D eigenvalue weighted by Crippen LogP contribution is 2.23. The van der Waals surface area contributed by atoms with Crippen LogP contribution < -0.4 is 4.74 Å². The number of amides is 2. The summed E-state index contributed by atoms with van der Waals surface area (Å²) in [5.41, 5.74) is 2.45. The summed E-state index contributed by atoms with van der Waals surface area (Å²) in [6, 6.07) is 6.87. The van der Waals surface area contributed by atoms with Gasteiger partial charge in [-0.2, -0.15) is 4.63 Å². The van der Waals surface area contributed by atoms with E-state index in [0.29, 0.717) is 41.5 Å². The fourth-order valence-electron chi connectivity index (χ4n) is 3.00. The minimum absolute atomic E-state index is 0.258. The molecular weight excluding hydrogens is 322 g/mol. The quantitative estimate of drug-likeness (QED) is 0.713. The number of ether oxygens (including phenoxy) is 1. The third kappa shape index (κ3) is 2.37. The number of aryl methyl sites for hydroxylation is 1. The van der Waals surface area contributed by atoms with Gasteiger partial charge >= 0.3 is 0 Å². The van der Waals surface area contributed by atoms with Crippen LogP contribution in [0.3, 0.4) is 0 Å². The van der Waals surface area contributed by atoms with Gasteiger partial charge in [-0.3, -0.25) is 19.6 Å². The van der Waals surface area contributed by atoms with Crippen molar-refractivity contribution in [1.82, 2.24) is 24.7 Å². The summed E-state index contributed by atoms with van der Waals surface area (Å²) in [5, 5.41) is 7.35. The Labute approximate surface area is 143 Å². The number of imide groups is 1. The monoisotopic (exact) mass is 339 g/mol. The van der Waals surface area contributed by atoms with Gasteiger partial charge in [0.15, 0.2) is 5.65 Å². The summed E-state index contributed by atoms with van der Waals surface area (Å²) < 4.78 is 6.99. The van der Waals surface area contributed by atoms with Gasteiger partial charge in [0, 0.05) is 13.0 Å². The summed E-state index contributed by atoms with van der Waals surface area (Å²) in [7, 11) is 0. The van der Waals surface area contributed by atoms with Crippen molar-refractivity contribution >= 4 is 17.5 Å². The molecule has 3 heterocycles. The molecule has 0 fully saturated rings. The third-order valence-electron chi connectivity index (χ3n) is 4.25. The molecule has 0 saturated carbocycles. The topological polar surface area (TPSA) is 92.6 Å². The second kappa shape index (κ2) is 5.73. The van der Waals surface area contributed by atoms with Crippen LogP contribution in [-0.2, 0) is 6.42 Å². The largest absolute Gasteiger partial charge is 0.477 e. The normalized spacial score (nSPS) is 13.8. The lowest BCUT2D eigenvalue weighted by atomic mass is 10.1. The Balaban J connectivity index is 1.51. The van der Waals surface area contributed by atoms with E-state index in [1.54, 1.807) is 28.9 Å². The molecule has 25 heavy (non-hydrogen) atoms. The lowest BCUT2D eigenvalue weighted by Crippen LogP contribution is -2.32. The minimum atomic E-state index is -0.258. The Morgan fingerprint density at radius 1 is 1.16 bits per heavy atom. The number of benzene rings is 1. The maximum Gasteiger partial charge on any atom is 0.261 e. The van der Waals surface area contributed by atoms with Crippen LogP contribution in [0.1, 0.15) is 39.0 Å². The smallest absolute Gasteiger partial charge is 0.261 e. The zero-order valence-electron chi connectivity index (χ0n) is 13.9. The molecule has 4 rings (SSSR count). The number of aromatic amines is 1. The highest BCUT2D eigenvalue weighted by Gasteiger charge is 2.34. The number of hydrogen-bond donors (Lipinski definition) is 1. The average molecular weight is 339 g/mol. The lowest BCUT2D eigenvalue weighted by Gasteiger charge is -2.12. The van der Waals surface area contributed by atoms with E-state index in [9.17, 15) is 9.59 Å². The molecule has 0 atom stereocenters. The Morgan fingerprint density at radius 2 is 1.84 bits per heavy atom. The first-order valence-electron chi connectivity index (χ1n) is 8.12. The van der Waals surface area contributed by atoms with Gasteiger partial charge in [0.1, 0.15) is 5.82 Å². The predicted octanol–water partition coefficient (Wildman–Crippen LogP) is 1.60. The molecule has 1 aliphatic heterocycles. The van der Waals surface area contributed by atoms with E-state index in [1.807, 2.05) is 13.8 Å². The number of aromatic nitrogens is 4. The van der Waals surface area contributed by atoms with Crippen LogP contribution in [0.25, 0.3) is 5.65 Å². The van der Waals surface area contributed by atoms with Gasteiger partial charge in [0.05, 0.1) is 23.3 Å². The zero-order chi connectivity index (χ0) is 17.6. The molecule has 8 nitrogen and oxygen atoms in total. The number of carbonyl (C=O) groups excluding carboxylic acids is 2. The van der Waals surface area contributed by atoms with Gasteiger partial charge in [-0.05, 0) is 26.0 Å². The first-order chi connectivity index (χ1) is 12.1. The molecule has 0 aliphatic carbocycles. The molecule has 8 heteroatoms. The number of carbonyl (C=O) groups is 2. The van der Waals surface area contributed by atoms with Crippen LogP contribution in [-0.4, -0.2) is 49.7 Å². The number of H-pyrrole nitrogens is 1. The molecule has 2 aromatic heterocycles. The van der Waals surface area contributed by atoms with Crippen LogP contribution in [0.4, 0.5) is 0 Å². The van der Waals surface area contributed by atoms with Crippen LogP contribution in [0.15, 0.2) is 24.3 Å². The molecule has 0 unspecified atom stereocenters. The number of fused-ring (bicyclic) bond motifs is 2. The molecule has 0 bridgehead atoms. The summed E-state index contributed by atoms with van der Waals surface area (Å²) in [4.78, 5) is 30.5. The van der Waals surface area contributed by atoms with Crippen molar-refractivity contribution in [3.05, 3.63) is 46.8 Å². The van der Waals surface area contributed by atoms with Gasteiger partial charge in [-0.1, -0.05) is 12.1 Å². The van der Waals surface area contributed by atoms with Crippen LogP contribution in [0, 0.1) is 6.92 Å². The van der Waals surface area contributed by atoms with Crippen LogP contribution in [0.2, 0.25) is 0 Å². The fraction of sp³-hybridized carbons (Fsp3) is 0.294. The van der Waals surface area contributed by atoms with Crippen molar-refractivity contribution in [2.45, 2.75) is 20.3 Å². The molecule has 0 radical (unpaired) electrons. The molecule has 1 aliphatic rings. The van der Waals surface area contributed by atoms with E-state index in [4.69, 9.17) is 4.74 Å². The Kier molecular flexibility index (Phi) is 3.52. The van der Waals surface area contributed by atoms with Gasteiger partial charge in [0.2, 0.25) is 5.88 Å². The Bertz CT molecular complexity index is 952. The number of rotatable bonds is 5. The maximum atomic E-state index is 12.4. The highest BCUT2D eigenvalue weighted by atomic mass is 16.5. The van der Waals surface area contributed by atoms with E-state index in [-0.39, 0.29) is 18.4 Å². The van der Waals surface area contributed by atoms with E-state index in [2.05, 4.69) is 15.2 Å². The fourth-order valence-corrected chi connectivity index (χ4v) is 3.00. The van der Waals surface area contributed by atoms with Crippen molar-refractivity contribution in [2.24, 2.45) is 0 Å². The zero-order valence-corrected chi connectivity index (χ0v) is 13.9. The van der Waals surface area contributed by atoms with Crippen molar-refractivity contribution < 1.29 is 14.3 Å².